The Morgan fingerprint density at radius 2 is 2.00 bits per heavy atom. The van der Waals surface area contributed by atoms with Gasteiger partial charge in [0.15, 0.2) is 0 Å². The fourth-order valence-electron chi connectivity index (χ4n) is 2.00. The lowest BCUT2D eigenvalue weighted by Crippen LogP contribution is -2.17. The summed E-state index contributed by atoms with van der Waals surface area (Å²) in [7, 11) is 1.84. The molecule has 1 aromatic rings. The molecule has 2 heteroatoms. The van der Waals surface area contributed by atoms with E-state index in [1.165, 1.54) is 11.1 Å². The van der Waals surface area contributed by atoms with Gasteiger partial charge in [0.25, 0.3) is 5.91 Å². The monoisotopic (exact) mass is 175 g/mol. The maximum atomic E-state index is 11.7. The summed E-state index contributed by atoms with van der Waals surface area (Å²) in [6.45, 7) is 4.83. The zero-order valence-corrected chi connectivity index (χ0v) is 8.22. The van der Waals surface area contributed by atoms with Crippen molar-refractivity contribution in [3.63, 3.8) is 0 Å². The maximum absolute atomic E-state index is 11.7. The van der Waals surface area contributed by atoms with Gasteiger partial charge in [-0.3, -0.25) is 4.79 Å². The fraction of sp³-hybridized carbons (Fsp3) is 0.364. The smallest absolute Gasteiger partial charge is 0.254 e. The van der Waals surface area contributed by atoms with Crippen molar-refractivity contribution < 1.29 is 4.79 Å². The van der Waals surface area contributed by atoms with E-state index in [1.54, 1.807) is 4.90 Å². The Kier molecular flexibility index (Phi) is 1.65. The van der Waals surface area contributed by atoms with Crippen molar-refractivity contribution in [1.82, 2.24) is 4.90 Å². The molecule has 2 nitrogen and oxygen atoms in total. The molecule has 0 bridgehead atoms. The summed E-state index contributed by atoms with van der Waals surface area (Å²) in [5, 5.41) is 0. The normalized spacial score (nSPS) is 15.0. The molecule has 0 fully saturated rings. The van der Waals surface area contributed by atoms with Crippen molar-refractivity contribution in [1.29, 1.82) is 0 Å². The molecule has 0 saturated carbocycles. The summed E-state index contributed by atoms with van der Waals surface area (Å²) >= 11 is 0. The summed E-state index contributed by atoms with van der Waals surface area (Å²) in [4.78, 5) is 13.4. The van der Waals surface area contributed by atoms with Crippen LogP contribution < -0.4 is 0 Å². The molecule has 0 N–H and O–H groups in total. The number of benzene rings is 1. The van der Waals surface area contributed by atoms with Gasteiger partial charge in [0, 0.05) is 19.2 Å². The predicted octanol–water partition coefficient (Wildman–Crippen LogP) is 1.89. The maximum Gasteiger partial charge on any atom is 0.254 e. The number of hydrogen-bond acceptors (Lipinski definition) is 1. The molecule has 1 aliphatic rings. The van der Waals surface area contributed by atoms with Gasteiger partial charge in [0.2, 0.25) is 0 Å². The fourth-order valence-corrected chi connectivity index (χ4v) is 2.00. The summed E-state index contributed by atoms with van der Waals surface area (Å²) in [6.07, 6.45) is 0. The van der Waals surface area contributed by atoms with Crippen LogP contribution in [0.3, 0.4) is 0 Å². The van der Waals surface area contributed by atoms with Crippen LogP contribution in [0.4, 0.5) is 0 Å². The Morgan fingerprint density at radius 1 is 1.31 bits per heavy atom. The van der Waals surface area contributed by atoms with E-state index in [1.807, 2.05) is 14.0 Å². The molecule has 1 amide bonds. The van der Waals surface area contributed by atoms with E-state index in [0.29, 0.717) is 0 Å². The van der Waals surface area contributed by atoms with E-state index in [-0.39, 0.29) is 5.91 Å². The molecule has 1 aliphatic heterocycles. The van der Waals surface area contributed by atoms with Gasteiger partial charge in [-0.15, -0.1) is 0 Å². The van der Waals surface area contributed by atoms with Gasteiger partial charge >= 0.3 is 0 Å². The first-order valence-corrected chi connectivity index (χ1v) is 4.45. The van der Waals surface area contributed by atoms with Crippen LogP contribution in [0.2, 0.25) is 0 Å². The van der Waals surface area contributed by atoms with Crippen LogP contribution in [0.5, 0.6) is 0 Å². The minimum atomic E-state index is 0.160. The third-order valence-electron chi connectivity index (χ3n) is 2.53. The Morgan fingerprint density at radius 3 is 2.69 bits per heavy atom. The second kappa shape index (κ2) is 2.59. The van der Waals surface area contributed by atoms with Crippen LogP contribution in [0.25, 0.3) is 0 Å². The molecular weight excluding hydrogens is 162 g/mol. The van der Waals surface area contributed by atoms with Crippen LogP contribution in [0.15, 0.2) is 12.1 Å². The van der Waals surface area contributed by atoms with E-state index < -0.39 is 0 Å². The second-order valence-electron chi connectivity index (χ2n) is 3.78. The van der Waals surface area contributed by atoms with Crippen molar-refractivity contribution in [2.24, 2.45) is 0 Å². The summed E-state index contributed by atoms with van der Waals surface area (Å²) in [6, 6.07) is 4.17. The molecule has 0 radical (unpaired) electrons. The molecule has 2 rings (SSSR count). The van der Waals surface area contributed by atoms with Crippen LogP contribution >= 0.6 is 0 Å². The Balaban J connectivity index is 2.64. The third-order valence-corrected chi connectivity index (χ3v) is 2.53. The topological polar surface area (TPSA) is 20.3 Å². The molecule has 0 aliphatic carbocycles. The first-order chi connectivity index (χ1) is 6.09. The zero-order valence-electron chi connectivity index (χ0n) is 8.22. The van der Waals surface area contributed by atoms with Crippen LogP contribution in [-0.2, 0) is 6.54 Å². The number of hydrogen-bond donors (Lipinski definition) is 0. The molecule has 0 atom stereocenters. The van der Waals surface area contributed by atoms with E-state index in [4.69, 9.17) is 0 Å². The van der Waals surface area contributed by atoms with E-state index in [2.05, 4.69) is 19.1 Å². The van der Waals surface area contributed by atoms with Crippen molar-refractivity contribution in [3.8, 4) is 0 Å². The second-order valence-corrected chi connectivity index (χ2v) is 3.78. The number of carbonyl (C=O) groups is 1. The first-order valence-electron chi connectivity index (χ1n) is 4.45. The summed E-state index contributed by atoms with van der Waals surface area (Å²) in [5.41, 5.74) is 4.42. The van der Waals surface area contributed by atoms with Gasteiger partial charge in [-0.2, -0.15) is 0 Å². The highest BCUT2D eigenvalue weighted by molar-refractivity contribution is 5.99. The number of amides is 1. The summed E-state index contributed by atoms with van der Waals surface area (Å²) < 4.78 is 0. The van der Waals surface area contributed by atoms with Crippen LogP contribution in [0.1, 0.15) is 27.0 Å². The number of aryl methyl sites for hydroxylation is 2. The molecular formula is C11H13NO. The number of fused-ring (bicyclic) bond motifs is 1. The highest BCUT2D eigenvalue weighted by atomic mass is 16.2. The standard InChI is InChI=1S/C11H13NO/c1-7-4-8(2)10-9(5-7)6-12(3)11(10)13/h4-5H,6H2,1-3H3. The van der Waals surface area contributed by atoms with Gasteiger partial charge in [0.1, 0.15) is 0 Å². The van der Waals surface area contributed by atoms with Crippen molar-refractivity contribution in [2.75, 3.05) is 7.05 Å². The van der Waals surface area contributed by atoms with Crippen molar-refractivity contribution >= 4 is 5.91 Å². The van der Waals surface area contributed by atoms with Crippen LogP contribution in [0, 0.1) is 13.8 Å². The minimum Gasteiger partial charge on any atom is -0.337 e. The number of rotatable bonds is 0. The highest BCUT2D eigenvalue weighted by Gasteiger charge is 2.25. The average Bonchev–Trinajstić information content (AvgIpc) is 2.27. The van der Waals surface area contributed by atoms with Crippen molar-refractivity contribution in [2.45, 2.75) is 20.4 Å². The molecule has 0 unspecified atom stereocenters. The molecule has 13 heavy (non-hydrogen) atoms. The Labute approximate surface area is 78.2 Å². The molecule has 1 aromatic carbocycles. The lowest BCUT2D eigenvalue weighted by molar-refractivity contribution is 0.0816. The van der Waals surface area contributed by atoms with Gasteiger partial charge in [0.05, 0.1) is 0 Å². The zero-order chi connectivity index (χ0) is 9.59. The van der Waals surface area contributed by atoms with E-state index in [9.17, 15) is 4.79 Å². The van der Waals surface area contributed by atoms with Crippen LogP contribution in [-0.4, -0.2) is 17.9 Å². The molecule has 0 spiro atoms. The lowest BCUT2D eigenvalue weighted by atomic mass is 10.0. The highest BCUT2D eigenvalue weighted by Crippen LogP contribution is 2.25. The minimum absolute atomic E-state index is 0.160. The van der Waals surface area contributed by atoms with E-state index in [0.717, 1.165) is 17.7 Å². The quantitative estimate of drug-likeness (QED) is 0.589. The van der Waals surface area contributed by atoms with Gasteiger partial charge < -0.3 is 4.90 Å². The number of carbonyl (C=O) groups excluding carboxylic acids is 1. The molecule has 0 saturated heterocycles. The van der Waals surface area contributed by atoms with Crippen molar-refractivity contribution in [3.05, 3.63) is 34.4 Å². The largest absolute Gasteiger partial charge is 0.337 e. The molecule has 0 aromatic heterocycles. The van der Waals surface area contributed by atoms with Gasteiger partial charge in [-0.05, 0) is 25.0 Å². The first kappa shape index (κ1) is 8.30. The van der Waals surface area contributed by atoms with E-state index >= 15 is 0 Å². The average molecular weight is 175 g/mol. The van der Waals surface area contributed by atoms with Gasteiger partial charge in [-0.1, -0.05) is 17.7 Å². The number of nitrogens with zero attached hydrogens (tertiary/aromatic N) is 1. The predicted molar refractivity (Wildman–Crippen MR) is 51.7 cm³/mol. The Bertz CT molecular complexity index is 382. The summed E-state index contributed by atoms with van der Waals surface area (Å²) in [5.74, 6) is 0.160. The molecule has 1 heterocycles. The third kappa shape index (κ3) is 1.13. The van der Waals surface area contributed by atoms with Gasteiger partial charge in [-0.25, -0.2) is 0 Å². The lowest BCUT2D eigenvalue weighted by Gasteiger charge is -2.05. The SMILES string of the molecule is Cc1cc(C)c2c(c1)CN(C)C2=O. The molecule has 68 valence electrons. The Hall–Kier alpha value is -1.31.